The maximum absolute atomic E-state index is 10.2. The first kappa shape index (κ1) is 6.54. The van der Waals surface area contributed by atoms with Crippen molar-refractivity contribution in [2.45, 2.75) is 0 Å². The Kier molecular flexibility index (Phi) is 1.53. The molecule has 0 spiro atoms. The minimum atomic E-state index is -1.15. The van der Waals surface area contributed by atoms with Crippen molar-refractivity contribution in [1.82, 2.24) is 4.57 Å². The minimum Gasteiger partial charge on any atom is -0.464 e. The molecule has 1 aromatic rings. The number of hydrogen-bond acceptors (Lipinski definition) is 2. The lowest BCUT2D eigenvalue weighted by molar-refractivity contribution is 0.111. The highest BCUT2D eigenvalue weighted by molar-refractivity contribution is 5.81. The Bertz CT molecular complexity index is 264. The SMILES string of the molecule is O=Cc1cccn1C(=O)O. The van der Waals surface area contributed by atoms with E-state index in [0.717, 1.165) is 4.57 Å². The van der Waals surface area contributed by atoms with E-state index in [-0.39, 0.29) is 5.69 Å². The van der Waals surface area contributed by atoms with Crippen LogP contribution in [0.4, 0.5) is 4.79 Å². The van der Waals surface area contributed by atoms with Gasteiger partial charge in [0.25, 0.3) is 0 Å². The second-order valence-corrected chi connectivity index (χ2v) is 1.70. The van der Waals surface area contributed by atoms with Gasteiger partial charge in [0, 0.05) is 6.20 Å². The molecule has 1 heterocycles. The topological polar surface area (TPSA) is 59.3 Å². The van der Waals surface area contributed by atoms with Crippen LogP contribution in [0.2, 0.25) is 0 Å². The summed E-state index contributed by atoms with van der Waals surface area (Å²) in [6, 6.07) is 2.93. The Balaban J connectivity index is 3.13. The Hall–Kier alpha value is -1.58. The molecule has 0 saturated heterocycles. The zero-order valence-corrected chi connectivity index (χ0v) is 5.02. The van der Waals surface area contributed by atoms with Crippen LogP contribution >= 0.6 is 0 Å². The van der Waals surface area contributed by atoms with Crippen LogP contribution in [-0.2, 0) is 0 Å². The minimum absolute atomic E-state index is 0.146. The van der Waals surface area contributed by atoms with Gasteiger partial charge in [0.2, 0.25) is 0 Å². The lowest BCUT2D eigenvalue weighted by atomic mass is 10.5. The van der Waals surface area contributed by atoms with E-state index < -0.39 is 6.09 Å². The number of carbonyl (C=O) groups is 2. The molecule has 0 aliphatic carbocycles. The summed E-state index contributed by atoms with van der Waals surface area (Å²) < 4.78 is 0.854. The van der Waals surface area contributed by atoms with Crippen molar-refractivity contribution in [3.05, 3.63) is 24.0 Å². The predicted octanol–water partition coefficient (Wildman–Crippen LogP) is 0.827. The maximum atomic E-state index is 10.2. The third kappa shape index (κ3) is 0.907. The van der Waals surface area contributed by atoms with Crippen LogP contribution < -0.4 is 0 Å². The van der Waals surface area contributed by atoms with E-state index >= 15 is 0 Å². The van der Waals surface area contributed by atoms with Gasteiger partial charge in [0.05, 0.1) is 5.69 Å². The first-order chi connectivity index (χ1) is 4.75. The highest BCUT2D eigenvalue weighted by atomic mass is 16.4. The molecule has 4 nitrogen and oxygen atoms in total. The predicted molar refractivity (Wildman–Crippen MR) is 33.2 cm³/mol. The summed E-state index contributed by atoms with van der Waals surface area (Å²) in [5.41, 5.74) is 0.146. The van der Waals surface area contributed by atoms with E-state index in [1.165, 1.54) is 18.3 Å². The Labute approximate surface area is 56.7 Å². The molecule has 4 heteroatoms. The van der Waals surface area contributed by atoms with Gasteiger partial charge in [-0.2, -0.15) is 0 Å². The second kappa shape index (κ2) is 2.34. The van der Waals surface area contributed by atoms with Gasteiger partial charge in [-0.3, -0.25) is 9.36 Å². The number of carboxylic acid groups (broad SMARTS) is 1. The summed E-state index contributed by atoms with van der Waals surface area (Å²) in [4.78, 5) is 20.4. The Morgan fingerprint density at radius 3 is 2.80 bits per heavy atom. The molecule has 52 valence electrons. The molecule has 0 saturated carbocycles. The lowest BCUT2D eigenvalue weighted by Gasteiger charge is -1.93. The number of rotatable bonds is 1. The normalized spacial score (nSPS) is 9.20. The standard InChI is InChI=1S/C6H5NO3/c8-4-5-2-1-3-7(5)6(9)10/h1-4H,(H,9,10). The number of nitrogens with zero attached hydrogens (tertiary/aromatic N) is 1. The van der Waals surface area contributed by atoms with Crippen LogP contribution in [0.5, 0.6) is 0 Å². The van der Waals surface area contributed by atoms with Gasteiger partial charge >= 0.3 is 6.09 Å². The molecule has 10 heavy (non-hydrogen) atoms. The summed E-state index contributed by atoms with van der Waals surface area (Å²) in [6.07, 6.45) is 0.660. The fourth-order valence-electron chi connectivity index (χ4n) is 0.664. The third-order valence-electron chi connectivity index (χ3n) is 1.11. The Morgan fingerprint density at radius 1 is 1.70 bits per heavy atom. The highest BCUT2D eigenvalue weighted by Crippen LogP contribution is 1.96. The van der Waals surface area contributed by atoms with E-state index in [1.807, 2.05) is 0 Å². The van der Waals surface area contributed by atoms with Crippen molar-refractivity contribution in [2.75, 3.05) is 0 Å². The van der Waals surface area contributed by atoms with Crippen LogP contribution in [0.15, 0.2) is 18.3 Å². The second-order valence-electron chi connectivity index (χ2n) is 1.70. The largest absolute Gasteiger partial charge is 0.464 e. The number of hydrogen-bond donors (Lipinski definition) is 1. The molecule has 1 aromatic heterocycles. The molecular weight excluding hydrogens is 134 g/mol. The van der Waals surface area contributed by atoms with Gasteiger partial charge in [-0.05, 0) is 12.1 Å². The summed E-state index contributed by atoms with van der Waals surface area (Å²) in [5, 5.41) is 8.39. The maximum Gasteiger partial charge on any atom is 0.416 e. The summed E-state index contributed by atoms with van der Waals surface area (Å²) in [7, 11) is 0. The third-order valence-corrected chi connectivity index (χ3v) is 1.11. The van der Waals surface area contributed by atoms with E-state index in [4.69, 9.17) is 5.11 Å². The fraction of sp³-hybridized carbons (Fsp3) is 0. The molecule has 1 rings (SSSR count). The smallest absolute Gasteiger partial charge is 0.416 e. The first-order valence-corrected chi connectivity index (χ1v) is 2.61. The van der Waals surface area contributed by atoms with Crippen LogP contribution in [0.25, 0.3) is 0 Å². The average molecular weight is 139 g/mol. The van der Waals surface area contributed by atoms with Crippen molar-refractivity contribution >= 4 is 12.4 Å². The molecule has 0 aliphatic rings. The number of aldehydes is 1. The summed E-state index contributed by atoms with van der Waals surface area (Å²) in [6.45, 7) is 0. The monoisotopic (exact) mass is 139 g/mol. The van der Waals surface area contributed by atoms with Crippen molar-refractivity contribution in [2.24, 2.45) is 0 Å². The lowest BCUT2D eigenvalue weighted by Crippen LogP contribution is -2.09. The van der Waals surface area contributed by atoms with Crippen molar-refractivity contribution in [3.63, 3.8) is 0 Å². The van der Waals surface area contributed by atoms with E-state index in [2.05, 4.69) is 0 Å². The van der Waals surface area contributed by atoms with Crippen LogP contribution in [-0.4, -0.2) is 22.1 Å². The average Bonchev–Trinajstić information content (AvgIpc) is 2.33. The molecule has 1 N–H and O–H groups in total. The number of aromatic nitrogens is 1. The van der Waals surface area contributed by atoms with Crippen LogP contribution in [0.3, 0.4) is 0 Å². The zero-order chi connectivity index (χ0) is 7.56. The van der Waals surface area contributed by atoms with Gasteiger partial charge < -0.3 is 5.11 Å². The molecule has 0 aliphatic heterocycles. The van der Waals surface area contributed by atoms with E-state index in [9.17, 15) is 9.59 Å². The highest BCUT2D eigenvalue weighted by Gasteiger charge is 2.03. The van der Waals surface area contributed by atoms with Crippen molar-refractivity contribution in [1.29, 1.82) is 0 Å². The molecule has 0 atom stereocenters. The fourth-order valence-corrected chi connectivity index (χ4v) is 0.664. The van der Waals surface area contributed by atoms with Crippen LogP contribution in [0.1, 0.15) is 10.5 Å². The number of carbonyl (C=O) groups excluding carboxylic acids is 1. The zero-order valence-electron chi connectivity index (χ0n) is 5.02. The van der Waals surface area contributed by atoms with Gasteiger partial charge in [0.15, 0.2) is 6.29 Å². The first-order valence-electron chi connectivity index (χ1n) is 2.61. The van der Waals surface area contributed by atoms with Gasteiger partial charge in [-0.15, -0.1) is 0 Å². The summed E-state index contributed by atoms with van der Waals surface area (Å²) >= 11 is 0. The summed E-state index contributed by atoms with van der Waals surface area (Å²) in [5.74, 6) is 0. The quantitative estimate of drug-likeness (QED) is 0.586. The molecule has 0 amide bonds. The molecule has 0 bridgehead atoms. The molecular formula is C6H5NO3. The van der Waals surface area contributed by atoms with Gasteiger partial charge in [-0.1, -0.05) is 0 Å². The van der Waals surface area contributed by atoms with Crippen molar-refractivity contribution in [3.8, 4) is 0 Å². The molecule has 0 unspecified atom stereocenters. The van der Waals surface area contributed by atoms with E-state index in [1.54, 1.807) is 0 Å². The van der Waals surface area contributed by atoms with E-state index in [0.29, 0.717) is 6.29 Å². The van der Waals surface area contributed by atoms with Crippen molar-refractivity contribution < 1.29 is 14.7 Å². The molecule has 0 radical (unpaired) electrons. The van der Waals surface area contributed by atoms with Crippen LogP contribution in [0, 0.1) is 0 Å². The molecule has 0 aromatic carbocycles. The Morgan fingerprint density at radius 2 is 2.40 bits per heavy atom. The van der Waals surface area contributed by atoms with Gasteiger partial charge in [-0.25, -0.2) is 4.79 Å². The molecule has 0 fully saturated rings. The van der Waals surface area contributed by atoms with Gasteiger partial charge in [0.1, 0.15) is 0 Å².